The van der Waals surface area contributed by atoms with Crippen LogP contribution < -0.4 is 18.9 Å². The Morgan fingerprint density at radius 1 is 1.00 bits per heavy atom. The van der Waals surface area contributed by atoms with Gasteiger partial charge in [0.1, 0.15) is 13.2 Å². The van der Waals surface area contributed by atoms with Gasteiger partial charge in [-0.1, -0.05) is 30.0 Å². The normalized spacial score (nSPS) is 16.5. The van der Waals surface area contributed by atoms with E-state index in [0.717, 1.165) is 10.7 Å². The van der Waals surface area contributed by atoms with E-state index in [-0.39, 0.29) is 18.6 Å². The maximum absolute atomic E-state index is 12.9. The number of ether oxygens (including phenoxy) is 5. The fourth-order valence-electron chi connectivity index (χ4n) is 3.91. The highest BCUT2D eigenvalue weighted by Crippen LogP contribution is 2.43. The second-order valence-electron chi connectivity index (χ2n) is 7.58. The van der Waals surface area contributed by atoms with Crippen molar-refractivity contribution >= 4 is 22.9 Å². The molecule has 0 amide bonds. The zero-order chi connectivity index (χ0) is 24.8. The Balaban J connectivity index is 1.52. The van der Waals surface area contributed by atoms with Crippen LogP contribution in [0.2, 0.25) is 0 Å². The van der Waals surface area contributed by atoms with E-state index in [1.807, 2.05) is 65.9 Å². The van der Waals surface area contributed by atoms with Gasteiger partial charge in [0.05, 0.1) is 38.1 Å². The van der Waals surface area contributed by atoms with E-state index in [9.17, 15) is 4.79 Å². The van der Waals surface area contributed by atoms with Crippen molar-refractivity contribution in [1.29, 1.82) is 0 Å². The van der Waals surface area contributed by atoms with Gasteiger partial charge >= 0.3 is 5.97 Å². The molecule has 2 aliphatic rings. The molecule has 0 fully saturated rings. The molecule has 0 radical (unpaired) electrons. The van der Waals surface area contributed by atoms with E-state index in [1.165, 1.54) is 11.8 Å². The number of nitrogens with zero attached hydrogens (tertiary/aromatic N) is 2. The summed E-state index contributed by atoms with van der Waals surface area (Å²) in [6.07, 6.45) is 1.92. The molecule has 0 N–H and O–H groups in total. The van der Waals surface area contributed by atoms with E-state index < -0.39 is 0 Å². The highest BCUT2D eigenvalue weighted by atomic mass is 32.2. The Morgan fingerprint density at radius 3 is 2.37 bits per heavy atom. The maximum Gasteiger partial charge on any atom is 0.338 e. The van der Waals surface area contributed by atoms with Gasteiger partial charge in [-0.05, 0) is 49.1 Å². The van der Waals surface area contributed by atoms with Crippen molar-refractivity contribution in [2.24, 2.45) is 4.99 Å². The van der Waals surface area contributed by atoms with Crippen LogP contribution in [0.3, 0.4) is 0 Å². The van der Waals surface area contributed by atoms with Crippen molar-refractivity contribution in [2.45, 2.75) is 19.9 Å². The molecule has 184 valence electrons. The number of hydrogen-bond acceptors (Lipinski definition) is 9. The number of benzene rings is 2. The number of esters is 1. The summed E-state index contributed by atoms with van der Waals surface area (Å²) in [5.74, 6) is 2.08. The van der Waals surface area contributed by atoms with Crippen molar-refractivity contribution in [3.05, 3.63) is 70.9 Å². The van der Waals surface area contributed by atoms with Crippen LogP contribution in [0.25, 0.3) is 0 Å². The van der Waals surface area contributed by atoms with Gasteiger partial charge in [-0.3, -0.25) is 0 Å². The van der Waals surface area contributed by atoms with E-state index in [2.05, 4.69) is 4.99 Å². The molecule has 2 aromatic rings. The summed E-state index contributed by atoms with van der Waals surface area (Å²) in [6.45, 7) is 4.55. The third-order valence-electron chi connectivity index (χ3n) is 5.49. The zero-order valence-corrected chi connectivity index (χ0v) is 21.0. The number of carbonyl (C=O) groups excluding carboxylic acids is 1. The van der Waals surface area contributed by atoms with E-state index in [4.69, 9.17) is 23.7 Å². The number of allylic oxidation sites excluding steroid dienone is 1. The molecule has 9 heteroatoms. The summed E-state index contributed by atoms with van der Waals surface area (Å²) in [5.41, 5.74) is 2.01. The van der Waals surface area contributed by atoms with Crippen LogP contribution >= 0.6 is 11.8 Å². The zero-order valence-electron chi connectivity index (χ0n) is 20.1. The minimum Gasteiger partial charge on any atom is -0.493 e. The molecule has 0 unspecified atom stereocenters. The molecule has 2 heterocycles. The summed E-state index contributed by atoms with van der Waals surface area (Å²) in [4.78, 5) is 19.4. The highest BCUT2D eigenvalue weighted by Gasteiger charge is 2.37. The second-order valence-corrected chi connectivity index (χ2v) is 8.46. The summed E-state index contributed by atoms with van der Waals surface area (Å²) >= 11 is 1.51. The minimum atomic E-state index is -0.385. The third kappa shape index (κ3) is 5.24. The summed E-state index contributed by atoms with van der Waals surface area (Å²) < 4.78 is 28.0. The van der Waals surface area contributed by atoms with Crippen LogP contribution in [0.4, 0.5) is 0 Å². The summed E-state index contributed by atoms with van der Waals surface area (Å²) in [5, 5.41) is 2.76. The first-order valence-corrected chi connectivity index (χ1v) is 12.1. The second kappa shape index (κ2) is 11.2. The molecule has 1 atom stereocenters. The maximum atomic E-state index is 12.9. The predicted molar refractivity (Wildman–Crippen MR) is 135 cm³/mol. The number of aliphatic imine (C=N–C) groups is 1. The van der Waals surface area contributed by atoms with E-state index in [0.29, 0.717) is 47.5 Å². The molecule has 2 aliphatic heterocycles. The third-order valence-corrected chi connectivity index (χ3v) is 6.26. The molecule has 0 aromatic heterocycles. The van der Waals surface area contributed by atoms with E-state index >= 15 is 0 Å². The number of amidine groups is 1. The quantitative estimate of drug-likeness (QED) is 0.339. The monoisotopic (exact) mass is 496 g/mol. The molecule has 0 saturated carbocycles. The van der Waals surface area contributed by atoms with Crippen molar-refractivity contribution in [1.82, 2.24) is 4.90 Å². The van der Waals surface area contributed by atoms with Gasteiger partial charge in [-0.2, -0.15) is 0 Å². The van der Waals surface area contributed by atoms with Crippen LogP contribution in [-0.4, -0.2) is 50.1 Å². The Morgan fingerprint density at radius 2 is 1.69 bits per heavy atom. The lowest BCUT2D eigenvalue weighted by Gasteiger charge is -2.33. The Bertz CT molecular complexity index is 1180. The molecule has 2 aromatic carbocycles. The number of hydrogen-bond donors (Lipinski definition) is 0. The van der Waals surface area contributed by atoms with Gasteiger partial charge < -0.3 is 28.6 Å². The van der Waals surface area contributed by atoms with Gasteiger partial charge in [0.15, 0.2) is 28.2 Å². The van der Waals surface area contributed by atoms with Gasteiger partial charge in [-0.15, -0.1) is 0 Å². The lowest BCUT2D eigenvalue weighted by Crippen LogP contribution is -2.34. The first kappa shape index (κ1) is 24.5. The SMILES string of the molecule is CCOC(=O)C1=C(C)N=C2SC=CN2[C@H]1c1ccc(OCCOc2ccccc2OC)c(OC)c1. The summed E-state index contributed by atoms with van der Waals surface area (Å²) in [6, 6.07) is 12.7. The Labute approximate surface area is 209 Å². The van der Waals surface area contributed by atoms with Crippen LogP contribution in [0.5, 0.6) is 23.0 Å². The Kier molecular flexibility index (Phi) is 7.87. The molecule has 0 bridgehead atoms. The van der Waals surface area contributed by atoms with Crippen molar-refractivity contribution in [3.63, 3.8) is 0 Å². The molecule has 35 heavy (non-hydrogen) atoms. The fourth-order valence-corrected chi connectivity index (χ4v) is 4.70. The number of rotatable bonds is 10. The van der Waals surface area contributed by atoms with Gasteiger partial charge in [0.25, 0.3) is 0 Å². The van der Waals surface area contributed by atoms with Crippen molar-refractivity contribution in [2.75, 3.05) is 34.0 Å². The smallest absolute Gasteiger partial charge is 0.338 e. The number of thioether (sulfide) groups is 1. The average Bonchev–Trinajstić information content (AvgIpc) is 3.34. The largest absolute Gasteiger partial charge is 0.493 e. The molecule has 4 rings (SSSR count). The predicted octanol–water partition coefficient (Wildman–Crippen LogP) is 4.93. The van der Waals surface area contributed by atoms with Crippen LogP contribution in [-0.2, 0) is 9.53 Å². The first-order chi connectivity index (χ1) is 17.1. The average molecular weight is 497 g/mol. The van der Waals surface area contributed by atoms with Crippen LogP contribution in [0, 0.1) is 0 Å². The Hall–Kier alpha value is -3.59. The highest BCUT2D eigenvalue weighted by molar-refractivity contribution is 8.16. The van der Waals surface area contributed by atoms with Crippen LogP contribution in [0.1, 0.15) is 25.5 Å². The van der Waals surface area contributed by atoms with E-state index in [1.54, 1.807) is 21.1 Å². The van der Waals surface area contributed by atoms with Gasteiger partial charge in [0, 0.05) is 6.20 Å². The van der Waals surface area contributed by atoms with Crippen molar-refractivity contribution in [3.8, 4) is 23.0 Å². The van der Waals surface area contributed by atoms with Gasteiger partial charge in [-0.25, -0.2) is 9.79 Å². The molecule has 0 aliphatic carbocycles. The van der Waals surface area contributed by atoms with Crippen LogP contribution in [0.15, 0.2) is 70.3 Å². The molecule has 0 spiro atoms. The fraction of sp³-hybridized carbons (Fsp3) is 0.308. The molecule has 0 saturated heterocycles. The number of carbonyl (C=O) groups is 1. The number of methoxy groups -OCH3 is 2. The molecular formula is C26H28N2O6S. The number of fused-ring (bicyclic) bond motifs is 1. The topological polar surface area (TPSA) is 78.8 Å². The molecule has 8 nitrogen and oxygen atoms in total. The molecular weight excluding hydrogens is 468 g/mol. The standard InChI is InChI=1S/C26H28N2O6S/c1-5-32-25(29)23-17(2)27-26-28(12-15-35-26)24(23)18-10-11-21(22(16-18)31-4)34-14-13-33-20-9-7-6-8-19(20)30-3/h6-12,15-16,24H,5,13-14H2,1-4H3/t24-/m0/s1. The summed E-state index contributed by atoms with van der Waals surface area (Å²) in [7, 11) is 3.19. The lowest BCUT2D eigenvalue weighted by molar-refractivity contribution is -0.139. The minimum absolute atomic E-state index is 0.288. The van der Waals surface area contributed by atoms with Crippen molar-refractivity contribution < 1.29 is 28.5 Å². The van der Waals surface area contributed by atoms with Gasteiger partial charge in [0.2, 0.25) is 0 Å². The number of para-hydroxylation sites is 2. The first-order valence-electron chi connectivity index (χ1n) is 11.2. The lowest BCUT2D eigenvalue weighted by atomic mass is 9.94.